The Morgan fingerprint density at radius 2 is 1.23 bits per heavy atom. The molecule has 3 rings (SSSR count). The van der Waals surface area contributed by atoms with Crippen molar-refractivity contribution in [1.82, 2.24) is 4.57 Å². The zero-order valence-electron chi connectivity index (χ0n) is 15.3. The number of para-hydroxylation sites is 1. The maximum absolute atomic E-state index is 14.9. The van der Waals surface area contributed by atoms with E-state index in [2.05, 4.69) is 0 Å². The first-order valence-corrected chi connectivity index (χ1v) is 8.56. The van der Waals surface area contributed by atoms with Gasteiger partial charge in [0, 0.05) is 17.4 Å². The molecule has 0 amide bonds. The number of rotatable bonds is 5. The molecule has 0 saturated heterocycles. The standard InChI is InChI=1S/C20H14F9N/c1-12-14-9-5-6-10-15(14)30(11-13-7-3-2-4-8-13)16(12)17(21,22)18(23,24)19(25,26)20(27,28)29/h2-10H,11H2,1H3. The Bertz CT molecular complexity index is 1050. The molecule has 0 atom stereocenters. The first-order chi connectivity index (χ1) is 13.7. The van der Waals surface area contributed by atoms with Crippen LogP contribution in [0.25, 0.3) is 10.9 Å². The lowest BCUT2D eigenvalue weighted by Crippen LogP contribution is -2.60. The number of nitrogens with zero attached hydrogens (tertiary/aromatic N) is 1. The molecule has 0 spiro atoms. The van der Waals surface area contributed by atoms with Crippen LogP contribution in [0.1, 0.15) is 16.8 Å². The minimum absolute atomic E-state index is 0.000321. The number of hydrogen-bond acceptors (Lipinski definition) is 0. The van der Waals surface area contributed by atoms with Crippen LogP contribution in [-0.2, 0) is 12.5 Å². The fraction of sp³-hybridized carbons (Fsp3) is 0.300. The summed E-state index contributed by atoms with van der Waals surface area (Å²) in [7, 11) is 0. The lowest BCUT2D eigenvalue weighted by Gasteiger charge is -2.34. The molecular weight excluding hydrogens is 425 g/mol. The summed E-state index contributed by atoms with van der Waals surface area (Å²) in [5.41, 5.74) is -1.74. The molecule has 1 aromatic heterocycles. The van der Waals surface area contributed by atoms with Gasteiger partial charge >= 0.3 is 23.9 Å². The highest BCUT2D eigenvalue weighted by Crippen LogP contribution is 2.57. The fourth-order valence-electron chi connectivity index (χ4n) is 3.34. The largest absolute Gasteiger partial charge is 0.460 e. The summed E-state index contributed by atoms with van der Waals surface area (Å²) in [6.07, 6.45) is -6.87. The molecule has 1 nitrogen and oxygen atoms in total. The molecule has 0 aliphatic heterocycles. The predicted molar refractivity (Wildman–Crippen MR) is 92.1 cm³/mol. The highest BCUT2D eigenvalue weighted by Gasteiger charge is 2.82. The van der Waals surface area contributed by atoms with E-state index in [0.29, 0.717) is 10.1 Å². The Balaban J connectivity index is 2.29. The highest BCUT2D eigenvalue weighted by molar-refractivity contribution is 5.85. The van der Waals surface area contributed by atoms with Crippen molar-refractivity contribution >= 4 is 10.9 Å². The number of benzene rings is 2. The minimum atomic E-state index is -6.95. The van der Waals surface area contributed by atoms with Crippen LogP contribution in [0.3, 0.4) is 0 Å². The predicted octanol–water partition coefficient (Wildman–Crippen LogP) is 6.92. The Labute approximate surface area is 164 Å². The molecular formula is C20H14F9N. The van der Waals surface area contributed by atoms with Crippen molar-refractivity contribution < 1.29 is 39.5 Å². The smallest absolute Gasteiger partial charge is 0.335 e. The van der Waals surface area contributed by atoms with Crippen LogP contribution in [0.4, 0.5) is 39.5 Å². The van der Waals surface area contributed by atoms with Crippen molar-refractivity contribution in [1.29, 1.82) is 0 Å². The average molecular weight is 439 g/mol. The molecule has 10 heteroatoms. The lowest BCUT2D eigenvalue weighted by molar-refractivity contribution is -0.400. The third-order valence-electron chi connectivity index (χ3n) is 4.85. The van der Waals surface area contributed by atoms with Gasteiger partial charge in [-0.3, -0.25) is 0 Å². The van der Waals surface area contributed by atoms with Crippen molar-refractivity contribution in [3.63, 3.8) is 0 Å². The SMILES string of the molecule is Cc1c(C(F)(F)C(F)(F)C(F)(F)C(F)(F)F)n(Cc2ccccc2)c2ccccc12. The summed E-state index contributed by atoms with van der Waals surface area (Å²) in [5, 5.41) is 0.0363. The van der Waals surface area contributed by atoms with Crippen LogP contribution in [0.2, 0.25) is 0 Å². The van der Waals surface area contributed by atoms with Gasteiger partial charge in [0.05, 0.1) is 5.69 Å². The second kappa shape index (κ2) is 6.95. The quantitative estimate of drug-likeness (QED) is 0.380. The van der Waals surface area contributed by atoms with E-state index in [-0.39, 0.29) is 10.9 Å². The van der Waals surface area contributed by atoms with E-state index in [0.717, 1.165) is 6.92 Å². The number of fused-ring (bicyclic) bond motifs is 1. The van der Waals surface area contributed by atoms with Gasteiger partial charge < -0.3 is 4.57 Å². The van der Waals surface area contributed by atoms with E-state index in [9.17, 15) is 39.5 Å². The summed E-state index contributed by atoms with van der Waals surface area (Å²) in [5.74, 6) is -19.5. The Kier molecular flexibility index (Phi) is 5.11. The van der Waals surface area contributed by atoms with E-state index in [1.165, 1.54) is 48.5 Å². The molecule has 3 aromatic rings. The van der Waals surface area contributed by atoms with E-state index in [4.69, 9.17) is 0 Å². The molecule has 0 N–H and O–H groups in total. The molecule has 0 aliphatic rings. The van der Waals surface area contributed by atoms with Gasteiger partial charge in [-0.25, -0.2) is 0 Å². The number of alkyl halides is 9. The molecule has 1 heterocycles. The van der Waals surface area contributed by atoms with Crippen LogP contribution in [0.5, 0.6) is 0 Å². The van der Waals surface area contributed by atoms with Gasteiger partial charge in [0.1, 0.15) is 0 Å². The molecule has 0 fully saturated rings. The highest BCUT2D eigenvalue weighted by atomic mass is 19.4. The number of aryl methyl sites for hydroxylation is 1. The zero-order valence-corrected chi connectivity index (χ0v) is 15.3. The normalized spacial score (nSPS) is 13.8. The number of halogens is 9. The molecule has 30 heavy (non-hydrogen) atoms. The molecule has 0 aliphatic carbocycles. The van der Waals surface area contributed by atoms with Crippen molar-refractivity contribution in [3.05, 3.63) is 71.4 Å². The third kappa shape index (κ3) is 3.13. The summed E-state index contributed by atoms with van der Waals surface area (Å²) in [4.78, 5) is 0. The summed E-state index contributed by atoms with van der Waals surface area (Å²) < 4.78 is 123. The van der Waals surface area contributed by atoms with Crippen LogP contribution in [-0.4, -0.2) is 22.6 Å². The molecule has 162 valence electrons. The number of hydrogen-bond donors (Lipinski definition) is 0. The van der Waals surface area contributed by atoms with E-state index in [1.54, 1.807) is 6.07 Å². The van der Waals surface area contributed by atoms with Gasteiger partial charge in [-0.2, -0.15) is 39.5 Å². The summed E-state index contributed by atoms with van der Waals surface area (Å²) in [6, 6.07) is 13.1. The van der Waals surface area contributed by atoms with Gasteiger partial charge in [0.2, 0.25) is 0 Å². The van der Waals surface area contributed by atoms with Crippen molar-refractivity contribution in [2.24, 2.45) is 0 Å². The maximum Gasteiger partial charge on any atom is 0.460 e. The number of aromatic nitrogens is 1. The Morgan fingerprint density at radius 1 is 0.700 bits per heavy atom. The van der Waals surface area contributed by atoms with E-state index < -0.39 is 41.7 Å². The lowest BCUT2D eigenvalue weighted by atomic mass is 9.98. The Morgan fingerprint density at radius 3 is 1.80 bits per heavy atom. The molecule has 0 saturated carbocycles. The molecule has 0 radical (unpaired) electrons. The van der Waals surface area contributed by atoms with Gasteiger partial charge in [0.15, 0.2) is 0 Å². The van der Waals surface area contributed by atoms with Gasteiger partial charge in [-0.05, 0) is 24.1 Å². The van der Waals surface area contributed by atoms with Crippen molar-refractivity contribution in [2.75, 3.05) is 0 Å². The van der Waals surface area contributed by atoms with Gasteiger partial charge in [-0.15, -0.1) is 0 Å². The van der Waals surface area contributed by atoms with Crippen molar-refractivity contribution in [2.45, 2.75) is 37.4 Å². The first kappa shape index (κ1) is 22.0. The van der Waals surface area contributed by atoms with E-state index >= 15 is 0 Å². The minimum Gasteiger partial charge on any atom is -0.335 e. The van der Waals surface area contributed by atoms with Crippen LogP contribution in [0.15, 0.2) is 54.6 Å². The van der Waals surface area contributed by atoms with E-state index in [1.807, 2.05) is 0 Å². The van der Waals surface area contributed by atoms with Crippen molar-refractivity contribution in [3.8, 4) is 0 Å². The fourth-order valence-corrected chi connectivity index (χ4v) is 3.34. The second-order valence-electron chi connectivity index (χ2n) is 6.78. The molecule has 0 bridgehead atoms. The monoisotopic (exact) mass is 439 g/mol. The average Bonchev–Trinajstić information content (AvgIpc) is 2.94. The maximum atomic E-state index is 14.9. The first-order valence-electron chi connectivity index (χ1n) is 8.56. The molecule has 2 aromatic carbocycles. The summed E-state index contributed by atoms with van der Waals surface area (Å²) >= 11 is 0. The summed E-state index contributed by atoms with van der Waals surface area (Å²) in [6.45, 7) is 0.544. The molecule has 0 unspecified atom stereocenters. The van der Waals surface area contributed by atoms with Crippen LogP contribution < -0.4 is 0 Å². The van der Waals surface area contributed by atoms with Gasteiger partial charge in [-0.1, -0.05) is 48.5 Å². The third-order valence-corrected chi connectivity index (χ3v) is 4.85. The van der Waals surface area contributed by atoms with Crippen LogP contribution >= 0.6 is 0 Å². The zero-order chi connectivity index (χ0) is 22.5. The van der Waals surface area contributed by atoms with Gasteiger partial charge in [0.25, 0.3) is 0 Å². The second-order valence-corrected chi connectivity index (χ2v) is 6.78. The Hall–Kier alpha value is -2.65. The topological polar surface area (TPSA) is 4.93 Å². The van der Waals surface area contributed by atoms with Crippen LogP contribution in [0, 0.1) is 6.92 Å².